The van der Waals surface area contributed by atoms with Crippen molar-refractivity contribution in [3.8, 4) is 0 Å². The van der Waals surface area contributed by atoms with Crippen LogP contribution in [-0.4, -0.2) is 5.91 Å². The Labute approximate surface area is 286 Å². The van der Waals surface area contributed by atoms with Crippen molar-refractivity contribution >= 4 is 56.6 Å². The average molecular weight is 802 g/mol. The molecule has 0 aliphatic heterocycles. The molecule has 0 aliphatic carbocycles. The van der Waals surface area contributed by atoms with Crippen LogP contribution >= 0.6 is 0 Å². The van der Waals surface area contributed by atoms with Gasteiger partial charge < -0.3 is 75.4 Å². The van der Waals surface area contributed by atoms with Crippen molar-refractivity contribution in [3.63, 3.8) is 0 Å². The maximum Gasteiger partial charge on any atom is 0.257 e. The van der Waals surface area contributed by atoms with Gasteiger partial charge in [-0.15, -0.1) is 0 Å². The lowest BCUT2D eigenvalue weighted by Crippen LogP contribution is -3.00. The molecule has 0 saturated heterocycles. The van der Waals surface area contributed by atoms with Crippen molar-refractivity contribution in [1.29, 1.82) is 0 Å². The quantitative estimate of drug-likeness (QED) is 0.0786. The Bertz CT molecular complexity index is 1690. The lowest BCUT2D eigenvalue weighted by molar-refractivity contribution is -0.696. The van der Waals surface area contributed by atoms with Crippen LogP contribution in [0.5, 0.6) is 0 Å². The van der Waals surface area contributed by atoms with Crippen LogP contribution in [0.2, 0.25) is 0 Å². The van der Waals surface area contributed by atoms with E-state index in [9.17, 15) is 4.79 Å². The molecule has 1 amide bonds. The number of benzene rings is 3. The largest absolute Gasteiger partial charge is 1.00 e. The van der Waals surface area contributed by atoms with Gasteiger partial charge in [-0.3, -0.25) is 4.79 Å². The second kappa shape index (κ2) is 15.7. The molecule has 224 valence electrons. The van der Waals surface area contributed by atoms with Gasteiger partial charge in [0.25, 0.3) is 5.91 Å². The molecule has 3 aromatic carbocycles. The molecule has 7 N–H and O–H groups in total. The fourth-order valence-corrected chi connectivity index (χ4v) is 4.89. The first kappa shape index (κ1) is 33.8. The first-order valence-corrected chi connectivity index (χ1v) is 14.0. The lowest BCUT2D eigenvalue weighted by Gasteiger charge is -2.14. The van der Waals surface area contributed by atoms with Gasteiger partial charge in [-0.25, -0.2) is 4.57 Å². The minimum atomic E-state index is -0.302. The molecule has 0 unspecified atom stereocenters. The number of carbonyl (C=O) groups is 1. The van der Waals surface area contributed by atoms with Crippen LogP contribution in [0.3, 0.4) is 0 Å². The van der Waals surface area contributed by atoms with Gasteiger partial charge in [0, 0.05) is 54.2 Å². The van der Waals surface area contributed by atoms with Crippen LogP contribution in [0.1, 0.15) is 37.0 Å². The number of amides is 1. The van der Waals surface area contributed by atoms with Crippen molar-refractivity contribution < 1.29 is 61.9 Å². The Morgan fingerprint density at radius 2 is 1.37 bits per heavy atom. The van der Waals surface area contributed by atoms with E-state index in [1.807, 2.05) is 54.9 Å². The number of nitrogens with one attached hydrogen (secondary N) is 3. The van der Waals surface area contributed by atoms with Gasteiger partial charge in [0.2, 0.25) is 5.52 Å². The Morgan fingerprint density at radius 3 is 2.07 bits per heavy atom. The minimum absolute atomic E-state index is 0. The molecule has 0 radical (unpaired) electrons. The number of nitrogen functional groups attached to an aromatic ring is 2. The van der Waals surface area contributed by atoms with E-state index < -0.39 is 0 Å². The van der Waals surface area contributed by atoms with Crippen molar-refractivity contribution in [2.75, 3.05) is 27.4 Å². The summed E-state index contributed by atoms with van der Waals surface area (Å²) < 4.78 is 4.38. The second-order valence-electron chi connectivity index (χ2n) is 10.1. The molecule has 0 bridgehead atoms. The predicted octanol–water partition coefficient (Wildman–Crippen LogP) is 0.147. The molecule has 0 spiro atoms. The van der Waals surface area contributed by atoms with Gasteiger partial charge >= 0.3 is 0 Å². The topological polar surface area (TPSA) is 113 Å². The van der Waals surface area contributed by atoms with Crippen LogP contribution in [0.25, 0.3) is 10.9 Å². The van der Waals surface area contributed by atoms with Gasteiger partial charge in [-0.05, 0) is 42.5 Å². The molecule has 0 saturated carbocycles. The summed E-state index contributed by atoms with van der Waals surface area (Å²) in [6, 6.07) is 25.2. The summed E-state index contributed by atoms with van der Waals surface area (Å²) in [5.41, 5.74) is 19.1. The summed E-state index contributed by atoms with van der Waals surface area (Å²) in [6.45, 7) is 6.25. The van der Waals surface area contributed by atoms with Crippen LogP contribution in [0.4, 0.5) is 39.8 Å². The first-order chi connectivity index (χ1) is 19.9. The third kappa shape index (κ3) is 8.25. The number of nitrogens with two attached hydrogens (primary N) is 2. The summed E-state index contributed by atoms with van der Waals surface area (Å²) >= 11 is 0. The Hall–Kier alpha value is -3.65. The number of fused-ring (bicyclic) bond motifs is 1. The number of halogens is 2. The standard InChI is InChI=1S/C33H35N7O.2HI/c1-3-16-39-18-13-23(14-19-39)36-31-12-10-25(22-29(31)35)38-33(41)26-11-9-24(21-28(26)34)37-30-15-20-40(17-4-2)32-8-6-5-7-27(30)32;;/h5-15,18-22H,3-4,16-17,35H2,1-2H3,(H3,34,38,41);2*1H. The SMILES string of the molecule is CCC[n+]1ccc(Nc2ccc(NC(=O)c3ccc(Nc4cc[n+](CCC)c5ccccc45)cc3N)cc2N)cc1.[I-].[I-]. The van der Waals surface area contributed by atoms with Crippen LogP contribution < -0.4 is 84.5 Å². The highest BCUT2D eigenvalue weighted by Crippen LogP contribution is 2.29. The highest BCUT2D eigenvalue weighted by Gasteiger charge is 2.15. The molecule has 2 aromatic heterocycles. The normalized spacial score (nSPS) is 10.4. The van der Waals surface area contributed by atoms with E-state index in [-0.39, 0.29) is 53.9 Å². The van der Waals surface area contributed by atoms with Gasteiger partial charge in [-0.1, -0.05) is 26.0 Å². The lowest BCUT2D eigenvalue weighted by atomic mass is 10.1. The van der Waals surface area contributed by atoms with E-state index in [0.29, 0.717) is 22.6 Å². The number of para-hydroxylation sites is 1. The van der Waals surface area contributed by atoms with E-state index in [2.05, 4.69) is 63.3 Å². The van der Waals surface area contributed by atoms with Gasteiger partial charge in [-0.2, -0.15) is 4.57 Å². The molecule has 5 rings (SSSR count). The van der Waals surface area contributed by atoms with Gasteiger partial charge in [0.1, 0.15) is 13.1 Å². The zero-order valence-electron chi connectivity index (χ0n) is 24.3. The highest BCUT2D eigenvalue weighted by atomic mass is 127. The van der Waals surface area contributed by atoms with E-state index in [1.54, 1.807) is 18.2 Å². The number of rotatable bonds is 10. The summed E-state index contributed by atoms with van der Waals surface area (Å²) in [5.74, 6) is -0.302. The van der Waals surface area contributed by atoms with Crippen LogP contribution in [0, 0.1) is 0 Å². The molecular weight excluding hydrogens is 764 g/mol. The number of hydrogen-bond donors (Lipinski definition) is 5. The maximum absolute atomic E-state index is 13.1. The third-order valence-electron chi connectivity index (χ3n) is 6.93. The number of nitrogens with zero attached hydrogens (tertiary/aromatic N) is 2. The average Bonchev–Trinajstić information content (AvgIpc) is 2.97. The molecule has 5 aromatic rings. The van der Waals surface area contributed by atoms with Gasteiger partial charge in [0.15, 0.2) is 18.6 Å². The van der Waals surface area contributed by atoms with Crippen molar-refractivity contribution in [2.45, 2.75) is 39.8 Å². The first-order valence-electron chi connectivity index (χ1n) is 14.0. The Kier molecular flexibility index (Phi) is 12.4. The summed E-state index contributed by atoms with van der Waals surface area (Å²) in [4.78, 5) is 13.1. The summed E-state index contributed by atoms with van der Waals surface area (Å²) in [6.07, 6.45) is 8.29. The van der Waals surface area contributed by atoms with E-state index in [4.69, 9.17) is 11.5 Å². The molecule has 0 fully saturated rings. The van der Waals surface area contributed by atoms with E-state index in [1.165, 1.54) is 0 Å². The van der Waals surface area contributed by atoms with E-state index >= 15 is 0 Å². The highest BCUT2D eigenvalue weighted by molar-refractivity contribution is 6.08. The Balaban J connectivity index is 0.00000253. The summed E-state index contributed by atoms with van der Waals surface area (Å²) in [7, 11) is 0. The summed E-state index contributed by atoms with van der Waals surface area (Å²) in [5, 5.41) is 10.8. The molecule has 8 nitrogen and oxygen atoms in total. The number of aryl methyl sites for hydroxylation is 2. The number of aromatic nitrogens is 2. The predicted molar refractivity (Wildman–Crippen MR) is 168 cm³/mol. The number of pyridine rings is 2. The van der Waals surface area contributed by atoms with Crippen LogP contribution in [0.15, 0.2) is 97.5 Å². The van der Waals surface area contributed by atoms with Gasteiger partial charge in [0.05, 0.1) is 33.7 Å². The van der Waals surface area contributed by atoms with Crippen molar-refractivity contribution in [3.05, 3.63) is 103 Å². The fraction of sp³-hybridized carbons (Fsp3) is 0.182. The van der Waals surface area contributed by atoms with E-state index in [0.717, 1.165) is 59.6 Å². The zero-order chi connectivity index (χ0) is 28.8. The minimum Gasteiger partial charge on any atom is -1.00 e. The maximum atomic E-state index is 13.1. The second-order valence-corrected chi connectivity index (χ2v) is 10.1. The molecular formula is C33H37I2N7O. The zero-order valence-corrected chi connectivity index (χ0v) is 28.6. The monoisotopic (exact) mass is 801 g/mol. The smallest absolute Gasteiger partial charge is 0.257 e. The van der Waals surface area contributed by atoms with Crippen molar-refractivity contribution in [1.82, 2.24) is 0 Å². The van der Waals surface area contributed by atoms with Crippen LogP contribution in [-0.2, 0) is 13.1 Å². The third-order valence-corrected chi connectivity index (χ3v) is 6.93. The molecule has 0 aliphatic rings. The van der Waals surface area contributed by atoms with Crippen molar-refractivity contribution in [2.24, 2.45) is 0 Å². The fourth-order valence-electron chi connectivity index (χ4n) is 4.89. The molecule has 0 atom stereocenters. The number of hydrogen-bond acceptors (Lipinski definition) is 5. The molecule has 2 heterocycles. The number of anilines is 7. The molecule has 10 heteroatoms. The Morgan fingerprint density at radius 1 is 0.698 bits per heavy atom. The number of carbonyl (C=O) groups excluding carboxylic acids is 1. The molecule has 43 heavy (non-hydrogen) atoms.